The number of hydrogen-bond donors (Lipinski definition) is 1. The van der Waals surface area contributed by atoms with E-state index in [1.807, 2.05) is 12.1 Å². The van der Waals surface area contributed by atoms with Gasteiger partial charge in [0.15, 0.2) is 0 Å². The van der Waals surface area contributed by atoms with Crippen LogP contribution in [0.2, 0.25) is 0 Å². The SMILES string of the molecule is COc1ccc(-c2noc(CC(=O)N(C)CC(O)c3cccc(OC)c3)n2)cc1. The highest BCUT2D eigenvalue weighted by Crippen LogP contribution is 2.21. The summed E-state index contributed by atoms with van der Waals surface area (Å²) in [6.45, 7) is 0.130. The Bertz CT molecular complexity index is 955. The van der Waals surface area contributed by atoms with E-state index < -0.39 is 6.10 Å². The van der Waals surface area contributed by atoms with Crippen LogP contribution < -0.4 is 9.47 Å². The maximum atomic E-state index is 12.5. The zero-order chi connectivity index (χ0) is 20.8. The van der Waals surface area contributed by atoms with Gasteiger partial charge in [-0.1, -0.05) is 17.3 Å². The van der Waals surface area contributed by atoms with E-state index in [9.17, 15) is 9.90 Å². The number of aromatic nitrogens is 2. The van der Waals surface area contributed by atoms with E-state index >= 15 is 0 Å². The lowest BCUT2D eigenvalue weighted by molar-refractivity contribution is -0.130. The number of rotatable bonds is 8. The molecule has 1 amide bonds. The van der Waals surface area contributed by atoms with E-state index in [2.05, 4.69) is 10.1 Å². The summed E-state index contributed by atoms with van der Waals surface area (Å²) in [7, 11) is 4.77. The van der Waals surface area contributed by atoms with Crippen molar-refractivity contribution < 1.29 is 23.9 Å². The van der Waals surface area contributed by atoms with Gasteiger partial charge in [0.05, 0.1) is 26.9 Å². The van der Waals surface area contributed by atoms with Crippen molar-refractivity contribution >= 4 is 5.91 Å². The van der Waals surface area contributed by atoms with Gasteiger partial charge in [-0.2, -0.15) is 4.98 Å². The fraction of sp³-hybridized carbons (Fsp3) is 0.286. The minimum atomic E-state index is -0.836. The van der Waals surface area contributed by atoms with Crippen LogP contribution in [0.25, 0.3) is 11.4 Å². The highest BCUT2D eigenvalue weighted by Gasteiger charge is 2.19. The predicted octanol–water partition coefficient (Wildman–Crippen LogP) is 2.49. The number of carbonyl (C=O) groups is 1. The standard InChI is InChI=1S/C21H23N3O5/c1-24(13-18(25)15-5-4-6-17(11-15)28-3)20(26)12-19-22-21(23-29-19)14-7-9-16(27-2)10-8-14/h4-11,18,25H,12-13H2,1-3H3. The number of likely N-dealkylation sites (N-methyl/N-ethyl adjacent to an activating group) is 1. The second-order valence-electron chi connectivity index (χ2n) is 6.48. The Morgan fingerprint density at radius 3 is 2.55 bits per heavy atom. The summed E-state index contributed by atoms with van der Waals surface area (Å²) in [4.78, 5) is 18.2. The van der Waals surface area contributed by atoms with Crippen molar-refractivity contribution in [3.05, 3.63) is 60.0 Å². The lowest BCUT2D eigenvalue weighted by atomic mass is 10.1. The van der Waals surface area contributed by atoms with E-state index in [1.165, 1.54) is 4.90 Å². The molecule has 1 aromatic heterocycles. The van der Waals surface area contributed by atoms with Gasteiger partial charge in [-0.15, -0.1) is 0 Å². The molecule has 1 unspecified atom stereocenters. The molecule has 1 atom stereocenters. The van der Waals surface area contributed by atoms with Gasteiger partial charge in [0.2, 0.25) is 17.6 Å². The number of carbonyl (C=O) groups excluding carboxylic acids is 1. The molecule has 1 heterocycles. The zero-order valence-electron chi connectivity index (χ0n) is 16.5. The molecular weight excluding hydrogens is 374 g/mol. The molecule has 152 valence electrons. The fourth-order valence-electron chi connectivity index (χ4n) is 2.76. The summed E-state index contributed by atoms with van der Waals surface area (Å²) in [5, 5.41) is 14.3. The topological polar surface area (TPSA) is 97.9 Å². The second-order valence-corrected chi connectivity index (χ2v) is 6.48. The Kier molecular flexibility index (Phi) is 6.46. The molecule has 29 heavy (non-hydrogen) atoms. The third kappa shape index (κ3) is 5.11. The van der Waals surface area contributed by atoms with E-state index in [4.69, 9.17) is 14.0 Å². The number of methoxy groups -OCH3 is 2. The highest BCUT2D eigenvalue weighted by molar-refractivity contribution is 5.77. The molecule has 8 nitrogen and oxygen atoms in total. The third-order valence-corrected chi connectivity index (χ3v) is 4.47. The summed E-state index contributed by atoms with van der Waals surface area (Å²) in [5.41, 5.74) is 1.43. The summed E-state index contributed by atoms with van der Waals surface area (Å²) >= 11 is 0. The average molecular weight is 397 g/mol. The lowest BCUT2D eigenvalue weighted by Crippen LogP contribution is -2.32. The van der Waals surface area contributed by atoms with Crippen LogP contribution in [0.5, 0.6) is 11.5 Å². The number of nitrogens with zero attached hydrogens (tertiary/aromatic N) is 3. The smallest absolute Gasteiger partial charge is 0.236 e. The van der Waals surface area contributed by atoms with Gasteiger partial charge in [-0.05, 0) is 42.0 Å². The molecule has 0 bridgehead atoms. The molecule has 0 aliphatic rings. The molecule has 0 saturated heterocycles. The minimum absolute atomic E-state index is 0.0511. The van der Waals surface area contributed by atoms with Gasteiger partial charge < -0.3 is 24.0 Å². The van der Waals surface area contributed by atoms with Gasteiger partial charge in [0.1, 0.15) is 17.9 Å². The first-order chi connectivity index (χ1) is 14.0. The molecule has 3 aromatic rings. The summed E-state index contributed by atoms with van der Waals surface area (Å²) < 4.78 is 15.5. The summed E-state index contributed by atoms with van der Waals surface area (Å²) in [5.74, 6) is 1.74. The fourth-order valence-corrected chi connectivity index (χ4v) is 2.76. The molecule has 0 saturated carbocycles. The Balaban J connectivity index is 1.60. The summed E-state index contributed by atoms with van der Waals surface area (Å²) in [6, 6.07) is 14.3. The molecule has 8 heteroatoms. The minimum Gasteiger partial charge on any atom is -0.497 e. The van der Waals surface area contributed by atoms with Gasteiger partial charge in [-0.3, -0.25) is 4.79 Å². The van der Waals surface area contributed by atoms with Crippen LogP contribution in [-0.4, -0.2) is 53.9 Å². The van der Waals surface area contributed by atoms with Crippen molar-refractivity contribution in [1.29, 1.82) is 0 Å². The molecule has 3 rings (SSSR count). The molecule has 0 fully saturated rings. The predicted molar refractivity (Wildman–Crippen MR) is 106 cm³/mol. The Labute approximate surface area is 168 Å². The van der Waals surface area contributed by atoms with E-state index in [0.29, 0.717) is 17.1 Å². The molecule has 1 N–H and O–H groups in total. The van der Waals surface area contributed by atoms with E-state index in [0.717, 1.165) is 11.3 Å². The zero-order valence-corrected chi connectivity index (χ0v) is 16.5. The van der Waals surface area contributed by atoms with Crippen LogP contribution in [0.4, 0.5) is 0 Å². The quantitative estimate of drug-likeness (QED) is 0.623. The first-order valence-electron chi connectivity index (χ1n) is 9.03. The first-order valence-corrected chi connectivity index (χ1v) is 9.03. The highest BCUT2D eigenvalue weighted by atomic mass is 16.5. The second kappa shape index (κ2) is 9.20. The van der Waals surface area contributed by atoms with Gasteiger partial charge in [0.25, 0.3) is 0 Å². The van der Waals surface area contributed by atoms with Crippen LogP contribution in [0.1, 0.15) is 17.6 Å². The normalized spacial score (nSPS) is 11.7. The maximum Gasteiger partial charge on any atom is 0.236 e. The molecule has 0 spiro atoms. The maximum absolute atomic E-state index is 12.5. The first kappa shape index (κ1) is 20.3. The van der Waals surface area contributed by atoms with Crippen LogP contribution in [0.3, 0.4) is 0 Å². The van der Waals surface area contributed by atoms with Crippen molar-refractivity contribution in [2.45, 2.75) is 12.5 Å². The monoisotopic (exact) mass is 397 g/mol. The van der Waals surface area contributed by atoms with Crippen molar-refractivity contribution in [2.75, 3.05) is 27.8 Å². The lowest BCUT2D eigenvalue weighted by Gasteiger charge is -2.20. The van der Waals surface area contributed by atoms with Gasteiger partial charge in [0, 0.05) is 12.6 Å². The molecule has 2 aromatic carbocycles. The van der Waals surface area contributed by atoms with Gasteiger partial charge in [-0.25, -0.2) is 0 Å². The van der Waals surface area contributed by atoms with Crippen LogP contribution in [-0.2, 0) is 11.2 Å². The number of amides is 1. The Morgan fingerprint density at radius 2 is 1.86 bits per heavy atom. The van der Waals surface area contributed by atoms with Crippen molar-refractivity contribution in [2.24, 2.45) is 0 Å². The number of aliphatic hydroxyl groups is 1. The molecule has 0 aliphatic heterocycles. The molecular formula is C21H23N3O5. The van der Waals surface area contributed by atoms with Crippen molar-refractivity contribution in [1.82, 2.24) is 15.0 Å². The number of hydrogen-bond acceptors (Lipinski definition) is 7. The summed E-state index contributed by atoms with van der Waals surface area (Å²) in [6.07, 6.45) is -0.888. The van der Waals surface area contributed by atoms with Crippen molar-refractivity contribution in [3.63, 3.8) is 0 Å². The average Bonchev–Trinajstić information content (AvgIpc) is 3.22. The van der Waals surface area contributed by atoms with Gasteiger partial charge >= 0.3 is 0 Å². The van der Waals surface area contributed by atoms with E-state index in [1.54, 1.807) is 57.7 Å². The third-order valence-electron chi connectivity index (χ3n) is 4.47. The van der Waals surface area contributed by atoms with Crippen molar-refractivity contribution in [3.8, 4) is 22.9 Å². The van der Waals surface area contributed by atoms with Crippen LogP contribution >= 0.6 is 0 Å². The number of benzene rings is 2. The largest absolute Gasteiger partial charge is 0.497 e. The molecule has 0 radical (unpaired) electrons. The Hall–Kier alpha value is -3.39. The number of aliphatic hydroxyl groups excluding tert-OH is 1. The number of ether oxygens (including phenoxy) is 2. The van der Waals surface area contributed by atoms with E-state index in [-0.39, 0.29) is 24.8 Å². The van der Waals surface area contributed by atoms with Crippen LogP contribution in [0, 0.1) is 0 Å². The molecule has 0 aliphatic carbocycles. The Morgan fingerprint density at radius 1 is 1.14 bits per heavy atom. The van der Waals surface area contributed by atoms with Crippen LogP contribution in [0.15, 0.2) is 53.1 Å².